The number of carbonyl (C=O) groups is 2. The van der Waals surface area contributed by atoms with E-state index in [0.717, 1.165) is 39.7 Å². The summed E-state index contributed by atoms with van der Waals surface area (Å²) in [4.78, 5) is 38.4. The number of hydrogen-bond donors (Lipinski definition) is 1. The lowest BCUT2D eigenvalue weighted by molar-refractivity contribution is -0.153. The lowest BCUT2D eigenvalue weighted by Crippen LogP contribution is -2.60. The van der Waals surface area contributed by atoms with Gasteiger partial charge in [-0.15, -0.1) is 0 Å². The van der Waals surface area contributed by atoms with Gasteiger partial charge in [-0.1, -0.05) is 17.7 Å². The lowest BCUT2D eigenvalue weighted by Gasteiger charge is -2.43. The molecule has 0 spiro atoms. The number of nitrogens with zero attached hydrogens (tertiary/aromatic N) is 3. The molecule has 182 valence electrons. The SMILES string of the molecule is CC(C)(C)OC(=O)N1CCN(C2c3ccc(Cl)cc3CCc3cc(Br)cnc32)CC1C(=O)ON. The van der Waals surface area contributed by atoms with Crippen LogP contribution in [0.15, 0.2) is 34.9 Å². The first kappa shape index (κ1) is 24.9. The van der Waals surface area contributed by atoms with Crippen molar-refractivity contribution >= 4 is 39.6 Å². The van der Waals surface area contributed by atoms with Crippen LogP contribution in [0.5, 0.6) is 0 Å². The molecule has 34 heavy (non-hydrogen) atoms. The smallest absolute Gasteiger partial charge is 0.411 e. The highest BCUT2D eigenvalue weighted by atomic mass is 79.9. The van der Waals surface area contributed by atoms with Gasteiger partial charge < -0.3 is 9.57 Å². The van der Waals surface area contributed by atoms with E-state index >= 15 is 0 Å². The topological polar surface area (TPSA) is 98.0 Å². The van der Waals surface area contributed by atoms with Gasteiger partial charge in [0.2, 0.25) is 0 Å². The lowest BCUT2D eigenvalue weighted by atomic mass is 9.95. The average Bonchev–Trinajstić information content (AvgIpc) is 2.93. The van der Waals surface area contributed by atoms with Gasteiger partial charge in [0.25, 0.3) is 0 Å². The molecule has 2 aromatic rings. The summed E-state index contributed by atoms with van der Waals surface area (Å²) in [6, 6.07) is 6.86. The van der Waals surface area contributed by atoms with E-state index < -0.39 is 23.7 Å². The van der Waals surface area contributed by atoms with Crippen molar-refractivity contribution in [1.82, 2.24) is 14.8 Å². The van der Waals surface area contributed by atoms with Gasteiger partial charge in [-0.25, -0.2) is 9.59 Å². The Labute approximate surface area is 212 Å². The van der Waals surface area contributed by atoms with Gasteiger partial charge in [0.05, 0.1) is 11.7 Å². The standard InChI is InChI=1S/C24H28BrClN4O4/c1-24(2,3)33-23(32)30-9-8-29(13-19(30)22(31)34-27)21-18-7-6-17(26)11-14(18)4-5-15-10-16(25)12-28-20(15)21/h6-7,10-12,19,21H,4-5,8-9,13,27H2,1-3H3. The molecule has 1 amide bonds. The third kappa shape index (κ3) is 5.22. The number of ether oxygens (including phenoxy) is 1. The second kappa shape index (κ2) is 9.81. The molecule has 1 aliphatic heterocycles. The van der Waals surface area contributed by atoms with E-state index in [9.17, 15) is 9.59 Å². The Morgan fingerprint density at radius 2 is 1.91 bits per heavy atom. The van der Waals surface area contributed by atoms with Gasteiger partial charge in [-0.2, -0.15) is 5.90 Å². The van der Waals surface area contributed by atoms with Gasteiger partial charge in [-0.3, -0.25) is 14.8 Å². The van der Waals surface area contributed by atoms with Crippen molar-refractivity contribution in [3.8, 4) is 0 Å². The maximum atomic E-state index is 12.9. The Morgan fingerprint density at radius 1 is 1.18 bits per heavy atom. The summed E-state index contributed by atoms with van der Waals surface area (Å²) >= 11 is 9.85. The quantitative estimate of drug-likeness (QED) is 0.563. The summed E-state index contributed by atoms with van der Waals surface area (Å²) in [5.74, 6) is 4.56. The molecular formula is C24H28BrClN4O4. The fourth-order valence-corrected chi connectivity index (χ4v) is 5.21. The van der Waals surface area contributed by atoms with Crippen LogP contribution in [0.2, 0.25) is 5.02 Å². The van der Waals surface area contributed by atoms with Crippen LogP contribution in [-0.4, -0.2) is 58.1 Å². The second-order valence-electron chi connectivity index (χ2n) is 9.56. The highest BCUT2D eigenvalue weighted by molar-refractivity contribution is 9.10. The van der Waals surface area contributed by atoms with Gasteiger partial charge >= 0.3 is 12.1 Å². The summed E-state index contributed by atoms with van der Waals surface area (Å²) in [7, 11) is 0. The minimum Gasteiger partial charge on any atom is -0.444 e. The fourth-order valence-electron chi connectivity index (χ4n) is 4.64. The number of piperazine rings is 1. The summed E-state index contributed by atoms with van der Waals surface area (Å²) in [5, 5.41) is 0.678. The van der Waals surface area contributed by atoms with Crippen LogP contribution in [0.25, 0.3) is 0 Å². The third-order valence-corrected chi connectivity index (χ3v) is 6.75. The van der Waals surface area contributed by atoms with Crippen molar-refractivity contribution in [3.63, 3.8) is 0 Å². The number of rotatable bonds is 2. The predicted octanol–water partition coefficient (Wildman–Crippen LogP) is 4.02. The molecule has 1 saturated heterocycles. The zero-order chi connectivity index (χ0) is 24.6. The van der Waals surface area contributed by atoms with Crippen LogP contribution in [0.1, 0.15) is 49.2 Å². The first-order valence-corrected chi connectivity index (χ1v) is 12.3. The number of aryl methyl sites for hydroxylation is 2. The van der Waals surface area contributed by atoms with Crippen molar-refractivity contribution in [3.05, 3.63) is 62.3 Å². The molecule has 8 nitrogen and oxygen atoms in total. The van der Waals surface area contributed by atoms with Crippen LogP contribution in [0, 0.1) is 0 Å². The molecule has 0 bridgehead atoms. The van der Waals surface area contributed by atoms with Crippen molar-refractivity contribution in [1.29, 1.82) is 0 Å². The molecule has 2 N–H and O–H groups in total. The molecule has 2 atom stereocenters. The van der Waals surface area contributed by atoms with E-state index in [1.807, 2.05) is 18.2 Å². The number of nitrogens with two attached hydrogens (primary N) is 1. The van der Waals surface area contributed by atoms with Crippen LogP contribution < -0.4 is 5.90 Å². The molecule has 10 heteroatoms. The zero-order valence-electron chi connectivity index (χ0n) is 19.4. The van der Waals surface area contributed by atoms with Gasteiger partial charge in [0, 0.05) is 35.3 Å². The number of benzene rings is 1. The van der Waals surface area contributed by atoms with Gasteiger partial charge in [0.1, 0.15) is 11.6 Å². The number of fused-ring (bicyclic) bond motifs is 2. The molecular weight excluding hydrogens is 524 g/mol. The number of pyridine rings is 1. The highest BCUT2D eigenvalue weighted by Crippen LogP contribution is 2.38. The van der Waals surface area contributed by atoms with Crippen LogP contribution in [0.3, 0.4) is 0 Å². The van der Waals surface area contributed by atoms with E-state index in [1.54, 1.807) is 27.0 Å². The molecule has 1 aromatic heterocycles. The summed E-state index contributed by atoms with van der Waals surface area (Å²) < 4.78 is 6.44. The Kier molecular flexibility index (Phi) is 7.19. The number of aromatic nitrogens is 1. The van der Waals surface area contributed by atoms with Crippen LogP contribution in [-0.2, 0) is 27.2 Å². The molecule has 1 aromatic carbocycles. The van der Waals surface area contributed by atoms with Crippen molar-refractivity contribution in [2.45, 2.75) is 51.3 Å². The number of hydrogen-bond acceptors (Lipinski definition) is 7. The monoisotopic (exact) mass is 550 g/mol. The summed E-state index contributed by atoms with van der Waals surface area (Å²) in [5.41, 5.74) is 3.58. The highest BCUT2D eigenvalue weighted by Gasteiger charge is 2.42. The zero-order valence-corrected chi connectivity index (χ0v) is 21.7. The Balaban J connectivity index is 1.73. The minimum absolute atomic E-state index is 0.216. The molecule has 2 unspecified atom stereocenters. The van der Waals surface area contributed by atoms with E-state index in [2.05, 4.69) is 31.7 Å². The molecule has 2 aliphatic rings. The Bertz CT molecular complexity index is 1050. The maximum Gasteiger partial charge on any atom is 0.411 e. The van der Waals surface area contributed by atoms with Crippen molar-refractivity contribution in [2.24, 2.45) is 5.90 Å². The molecule has 1 aliphatic carbocycles. The van der Waals surface area contributed by atoms with Crippen molar-refractivity contribution in [2.75, 3.05) is 19.6 Å². The minimum atomic E-state index is -0.911. The summed E-state index contributed by atoms with van der Waals surface area (Å²) in [6.07, 6.45) is 2.86. The number of carbonyl (C=O) groups excluding carboxylic acids is 2. The molecule has 1 fully saturated rings. The van der Waals surface area contributed by atoms with Crippen molar-refractivity contribution < 1.29 is 19.2 Å². The molecule has 0 saturated carbocycles. The normalized spacial score (nSPS) is 20.7. The number of halogens is 2. The van der Waals surface area contributed by atoms with E-state index in [-0.39, 0.29) is 19.1 Å². The third-order valence-electron chi connectivity index (χ3n) is 6.08. The number of amides is 1. The van der Waals surface area contributed by atoms with E-state index in [1.165, 1.54) is 4.90 Å². The maximum absolute atomic E-state index is 12.9. The van der Waals surface area contributed by atoms with Crippen LogP contribution >= 0.6 is 27.5 Å². The average molecular weight is 552 g/mol. The largest absolute Gasteiger partial charge is 0.444 e. The van der Waals surface area contributed by atoms with E-state index in [0.29, 0.717) is 11.6 Å². The fraction of sp³-hybridized carbons (Fsp3) is 0.458. The Hall–Kier alpha value is -2.20. The summed E-state index contributed by atoms with van der Waals surface area (Å²) in [6.45, 7) is 6.36. The Morgan fingerprint density at radius 3 is 2.62 bits per heavy atom. The second-order valence-corrected chi connectivity index (χ2v) is 10.9. The van der Waals surface area contributed by atoms with E-state index in [4.69, 9.17) is 27.2 Å². The molecule has 0 radical (unpaired) electrons. The van der Waals surface area contributed by atoms with Crippen LogP contribution in [0.4, 0.5) is 4.79 Å². The first-order valence-electron chi connectivity index (χ1n) is 11.1. The van der Waals surface area contributed by atoms with Gasteiger partial charge in [0.15, 0.2) is 0 Å². The molecule has 4 rings (SSSR count). The van der Waals surface area contributed by atoms with Gasteiger partial charge in [-0.05, 0) is 84.4 Å². The predicted molar refractivity (Wildman–Crippen MR) is 131 cm³/mol. The molecule has 2 heterocycles. The first-order chi connectivity index (χ1) is 16.1.